The summed E-state index contributed by atoms with van der Waals surface area (Å²) in [6.45, 7) is 0. The summed E-state index contributed by atoms with van der Waals surface area (Å²) in [5, 5.41) is 14.9. The maximum atomic E-state index is 6.37. The number of furan rings is 1. The Kier molecular flexibility index (Phi) is 5.45. The molecule has 0 unspecified atom stereocenters. The molecule has 0 saturated carbocycles. The van der Waals surface area contributed by atoms with Gasteiger partial charge in [-0.15, -0.1) is 0 Å². The molecule has 0 radical (unpaired) electrons. The molecule has 0 aliphatic carbocycles. The summed E-state index contributed by atoms with van der Waals surface area (Å²) in [6, 6.07) is 62.2. The number of hydrogen-bond acceptors (Lipinski definition) is 1. The highest BCUT2D eigenvalue weighted by atomic mass is 16.3. The van der Waals surface area contributed by atoms with Crippen LogP contribution in [0.25, 0.3) is 109 Å². The van der Waals surface area contributed by atoms with Gasteiger partial charge in [0.1, 0.15) is 11.2 Å². The smallest absolute Gasteiger partial charge is 0.136 e. The minimum atomic E-state index is 0.937. The van der Waals surface area contributed by atoms with Crippen LogP contribution >= 0.6 is 0 Å². The van der Waals surface area contributed by atoms with Crippen molar-refractivity contribution in [3.63, 3.8) is 0 Å². The Balaban J connectivity index is 1.28. The highest BCUT2D eigenvalue weighted by molar-refractivity contribution is 6.30. The first-order valence-electron chi connectivity index (χ1n) is 16.9. The van der Waals surface area contributed by atoms with Crippen LogP contribution in [0.5, 0.6) is 0 Å². The van der Waals surface area contributed by atoms with Crippen molar-refractivity contribution >= 4 is 75.8 Å². The average molecular weight is 621 g/mol. The van der Waals surface area contributed by atoms with E-state index in [0.717, 1.165) is 11.2 Å². The molecule has 0 bridgehead atoms. The molecule has 11 rings (SSSR count). The number of benzene rings is 10. The van der Waals surface area contributed by atoms with E-state index in [4.69, 9.17) is 4.42 Å². The van der Waals surface area contributed by atoms with Gasteiger partial charge in [0.25, 0.3) is 0 Å². The maximum Gasteiger partial charge on any atom is 0.136 e. The van der Waals surface area contributed by atoms with Gasteiger partial charge in [-0.25, -0.2) is 0 Å². The van der Waals surface area contributed by atoms with E-state index in [0.29, 0.717) is 0 Å². The predicted octanol–water partition coefficient (Wildman–Crippen LogP) is 13.8. The quantitative estimate of drug-likeness (QED) is 0.141. The summed E-state index contributed by atoms with van der Waals surface area (Å²) in [7, 11) is 0. The van der Waals surface area contributed by atoms with Crippen LogP contribution in [-0.4, -0.2) is 0 Å². The van der Waals surface area contributed by atoms with Gasteiger partial charge >= 0.3 is 0 Å². The summed E-state index contributed by atoms with van der Waals surface area (Å²) in [5.74, 6) is 0. The normalized spacial score (nSPS) is 12.1. The molecule has 49 heavy (non-hydrogen) atoms. The Morgan fingerprint density at radius 2 is 0.755 bits per heavy atom. The van der Waals surface area contributed by atoms with Crippen molar-refractivity contribution in [1.82, 2.24) is 0 Å². The molecule has 10 aromatic carbocycles. The van der Waals surface area contributed by atoms with E-state index in [-0.39, 0.29) is 0 Å². The summed E-state index contributed by atoms with van der Waals surface area (Å²) >= 11 is 0. The molecule has 1 aromatic heterocycles. The van der Waals surface area contributed by atoms with Gasteiger partial charge < -0.3 is 4.42 Å². The van der Waals surface area contributed by atoms with Crippen molar-refractivity contribution in [1.29, 1.82) is 0 Å². The lowest BCUT2D eigenvalue weighted by Gasteiger charge is -2.21. The van der Waals surface area contributed by atoms with Crippen molar-refractivity contribution in [2.75, 3.05) is 0 Å². The SMILES string of the molecule is c1ccc(-c2cccc3ccc4ccccc4c23)c(-c2c3ccccc3c(-c3cc4cccc5oc6cccc3c6c45)c3ccccc23)c1. The Morgan fingerprint density at radius 3 is 1.51 bits per heavy atom. The van der Waals surface area contributed by atoms with Gasteiger partial charge in [-0.1, -0.05) is 152 Å². The largest absolute Gasteiger partial charge is 0.456 e. The molecule has 1 heteroatoms. The van der Waals surface area contributed by atoms with Gasteiger partial charge in [-0.3, -0.25) is 0 Å². The van der Waals surface area contributed by atoms with E-state index < -0.39 is 0 Å². The molecule has 0 amide bonds. The fourth-order valence-electron chi connectivity index (χ4n) is 8.61. The molecule has 11 aromatic rings. The molecule has 0 N–H and O–H groups in total. The van der Waals surface area contributed by atoms with Crippen molar-refractivity contribution in [3.8, 4) is 33.4 Å². The summed E-state index contributed by atoms with van der Waals surface area (Å²) in [4.78, 5) is 0. The van der Waals surface area contributed by atoms with Gasteiger partial charge in [0.2, 0.25) is 0 Å². The molecule has 1 nitrogen and oxygen atoms in total. The zero-order valence-electron chi connectivity index (χ0n) is 26.6. The van der Waals surface area contributed by atoms with E-state index in [1.54, 1.807) is 0 Å². The highest BCUT2D eigenvalue weighted by Gasteiger charge is 2.23. The molecule has 0 aliphatic rings. The lowest BCUT2D eigenvalue weighted by atomic mass is 9.82. The number of rotatable bonds is 3. The van der Waals surface area contributed by atoms with Crippen molar-refractivity contribution in [3.05, 3.63) is 170 Å². The summed E-state index contributed by atoms with van der Waals surface area (Å²) in [6.07, 6.45) is 0. The van der Waals surface area contributed by atoms with Crippen LogP contribution in [0.2, 0.25) is 0 Å². The molecule has 1 heterocycles. The Morgan fingerprint density at radius 1 is 0.265 bits per heavy atom. The van der Waals surface area contributed by atoms with Crippen LogP contribution < -0.4 is 0 Å². The number of fused-ring (bicyclic) bond motifs is 5. The predicted molar refractivity (Wildman–Crippen MR) is 209 cm³/mol. The van der Waals surface area contributed by atoms with Crippen LogP contribution in [0.3, 0.4) is 0 Å². The van der Waals surface area contributed by atoms with Gasteiger partial charge in [0.05, 0.1) is 0 Å². The van der Waals surface area contributed by atoms with E-state index in [1.807, 2.05) is 0 Å². The van der Waals surface area contributed by atoms with Crippen LogP contribution in [0, 0.1) is 0 Å². The molecule has 0 atom stereocenters. The third kappa shape index (κ3) is 3.70. The molecule has 0 spiro atoms. The maximum absolute atomic E-state index is 6.37. The Bertz CT molecular complexity index is 3050. The van der Waals surface area contributed by atoms with Crippen LogP contribution in [-0.2, 0) is 0 Å². The minimum Gasteiger partial charge on any atom is -0.456 e. The van der Waals surface area contributed by atoms with E-state index in [2.05, 4.69) is 170 Å². The van der Waals surface area contributed by atoms with Gasteiger partial charge in [0.15, 0.2) is 0 Å². The first-order chi connectivity index (χ1) is 24.3. The number of hydrogen-bond donors (Lipinski definition) is 0. The second-order valence-corrected chi connectivity index (χ2v) is 13.1. The lowest BCUT2D eigenvalue weighted by molar-refractivity contribution is 0.669. The Labute approximate surface area is 282 Å². The van der Waals surface area contributed by atoms with Crippen LogP contribution in [0.4, 0.5) is 0 Å². The van der Waals surface area contributed by atoms with Crippen molar-refractivity contribution in [2.45, 2.75) is 0 Å². The molecule has 0 saturated heterocycles. The minimum absolute atomic E-state index is 0.937. The monoisotopic (exact) mass is 620 g/mol. The fourth-order valence-corrected chi connectivity index (χ4v) is 8.61. The Hall–Kier alpha value is -6.44. The summed E-state index contributed by atoms with van der Waals surface area (Å²) in [5.41, 5.74) is 9.38. The first kappa shape index (κ1) is 26.6. The van der Waals surface area contributed by atoms with E-state index >= 15 is 0 Å². The summed E-state index contributed by atoms with van der Waals surface area (Å²) < 4.78 is 6.37. The zero-order valence-corrected chi connectivity index (χ0v) is 26.6. The van der Waals surface area contributed by atoms with Gasteiger partial charge in [0, 0.05) is 10.8 Å². The molecule has 0 fully saturated rings. The lowest BCUT2D eigenvalue weighted by Crippen LogP contribution is -1.94. The zero-order chi connectivity index (χ0) is 32.1. The van der Waals surface area contributed by atoms with E-state index in [1.165, 1.54) is 98.0 Å². The van der Waals surface area contributed by atoms with Gasteiger partial charge in [-0.05, 0) is 105 Å². The van der Waals surface area contributed by atoms with Crippen LogP contribution in [0.15, 0.2) is 174 Å². The van der Waals surface area contributed by atoms with Gasteiger partial charge in [-0.2, -0.15) is 0 Å². The third-order valence-corrected chi connectivity index (χ3v) is 10.6. The molecular weight excluding hydrogens is 593 g/mol. The van der Waals surface area contributed by atoms with Crippen molar-refractivity contribution < 1.29 is 4.42 Å². The molecular formula is C48H28O. The highest BCUT2D eigenvalue weighted by Crippen LogP contribution is 2.50. The second-order valence-electron chi connectivity index (χ2n) is 13.1. The average Bonchev–Trinajstić information content (AvgIpc) is 3.56. The molecule has 0 aliphatic heterocycles. The molecule has 226 valence electrons. The topological polar surface area (TPSA) is 13.1 Å². The third-order valence-electron chi connectivity index (χ3n) is 10.6. The van der Waals surface area contributed by atoms with Crippen molar-refractivity contribution in [2.24, 2.45) is 0 Å². The fraction of sp³-hybridized carbons (Fsp3) is 0. The standard InChI is InChI=1S/C48H28O/c1-2-15-32-29(12-1)26-27-30-13-9-22-34(44(30)32)33-16-3-4-17-35(33)46-36-18-5-7-20-38(36)47(39-21-8-6-19-37(39)46)41-28-31-14-10-24-42-45(31)48-40(41)23-11-25-43(48)49-42/h1-28H. The first-order valence-corrected chi connectivity index (χ1v) is 16.9. The van der Waals surface area contributed by atoms with Crippen LogP contribution in [0.1, 0.15) is 0 Å². The van der Waals surface area contributed by atoms with E-state index in [9.17, 15) is 0 Å². The second kappa shape index (κ2) is 10.0.